The van der Waals surface area contributed by atoms with E-state index in [4.69, 9.17) is 0 Å². The molecule has 0 saturated heterocycles. The van der Waals surface area contributed by atoms with Gasteiger partial charge >= 0.3 is 0 Å². The number of hydrogen-bond acceptors (Lipinski definition) is 2. The highest BCUT2D eigenvalue weighted by Crippen LogP contribution is 2.20. The highest BCUT2D eigenvalue weighted by Gasteiger charge is 2.23. The smallest absolute Gasteiger partial charge is 0.0572 e. The number of fused-ring (bicyclic) bond motifs is 1. The van der Waals surface area contributed by atoms with Crippen molar-refractivity contribution in [3.63, 3.8) is 0 Å². The van der Waals surface area contributed by atoms with Gasteiger partial charge in [0.25, 0.3) is 0 Å². The maximum atomic E-state index is 4.10. The predicted molar refractivity (Wildman–Crippen MR) is 46.4 cm³/mol. The molecular weight excluding hydrogens is 136 g/mol. The fourth-order valence-electron chi connectivity index (χ4n) is 1.52. The van der Waals surface area contributed by atoms with E-state index in [1.165, 1.54) is 5.70 Å². The zero-order valence-electron chi connectivity index (χ0n) is 6.62. The van der Waals surface area contributed by atoms with Crippen molar-refractivity contribution >= 4 is 6.21 Å². The van der Waals surface area contributed by atoms with Crippen molar-refractivity contribution in [3.05, 3.63) is 24.0 Å². The summed E-state index contributed by atoms with van der Waals surface area (Å²) in [5, 5.41) is 3.43. The van der Waals surface area contributed by atoms with Gasteiger partial charge in [0, 0.05) is 24.0 Å². The Morgan fingerprint density at radius 3 is 3.27 bits per heavy atom. The molecule has 0 radical (unpaired) electrons. The summed E-state index contributed by atoms with van der Waals surface area (Å²) in [5.74, 6) is 0.495. The van der Waals surface area contributed by atoms with Crippen LogP contribution in [0.15, 0.2) is 29.0 Å². The summed E-state index contributed by atoms with van der Waals surface area (Å²) in [6.07, 6.45) is 9.33. The molecule has 2 nitrogen and oxygen atoms in total. The molecule has 2 aliphatic heterocycles. The van der Waals surface area contributed by atoms with Gasteiger partial charge in [0.2, 0.25) is 0 Å². The molecule has 2 atom stereocenters. The second-order valence-electron chi connectivity index (χ2n) is 2.93. The van der Waals surface area contributed by atoms with E-state index in [0.29, 0.717) is 12.0 Å². The lowest BCUT2D eigenvalue weighted by molar-refractivity contribution is 0.657. The van der Waals surface area contributed by atoms with Crippen LogP contribution in [0.1, 0.15) is 13.3 Å². The van der Waals surface area contributed by atoms with Crippen molar-refractivity contribution in [2.45, 2.75) is 19.4 Å². The van der Waals surface area contributed by atoms with Gasteiger partial charge in [-0.2, -0.15) is 0 Å². The molecule has 0 bridgehead atoms. The molecule has 58 valence electrons. The van der Waals surface area contributed by atoms with Crippen molar-refractivity contribution in [1.29, 1.82) is 0 Å². The Morgan fingerprint density at radius 2 is 2.55 bits per heavy atom. The van der Waals surface area contributed by atoms with Crippen molar-refractivity contribution in [2.24, 2.45) is 10.9 Å². The lowest BCUT2D eigenvalue weighted by Crippen LogP contribution is -2.28. The molecule has 0 saturated carbocycles. The van der Waals surface area contributed by atoms with Crippen LogP contribution in [-0.2, 0) is 0 Å². The summed E-state index contributed by atoms with van der Waals surface area (Å²) in [5.41, 5.74) is 1.35. The molecule has 0 amide bonds. The van der Waals surface area contributed by atoms with Crippen LogP contribution in [0.5, 0.6) is 0 Å². The largest absolute Gasteiger partial charge is 0.381 e. The third-order valence-electron chi connectivity index (χ3n) is 2.18. The van der Waals surface area contributed by atoms with Gasteiger partial charge in [0.1, 0.15) is 0 Å². The van der Waals surface area contributed by atoms with E-state index in [1.54, 1.807) is 0 Å². The van der Waals surface area contributed by atoms with Crippen molar-refractivity contribution < 1.29 is 0 Å². The van der Waals surface area contributed by atoms with E-state index in [-0.39, 0.29) is 0 Å². The van der Waals surface area contributed by atoms with Gasteiger partial charge in [-0.15, -0.1) is 0 Å². The zero-order chi connectivity index (χ0) is 7.68. The van der Waals surface area contributed by atoms with Crippen LogP contribution >= 0.6 is 0 Å². The summed E-state index contributed by atoms with van der Waals surface area (Å²) in [4.78, 5) is 4.10. The molecule has 0 aliphatic carbocycles. The Labute approximate surface area is 66.7 Å². The van der Waals surface area contributed by atoms with E-state index >= 15 is 0 Å². The normalized spacial score (nSPS) is 33.0. The van der Waals surface area contributed by atoms with E-state index in [2.05, 4.69) is 29.4 Å². The van der Waals surface area contributed by atoms with Crippen LogP contribution in [0.3, 0.4) is 0 Å². The second kappa shape index (κ2) is 2.53. The van der Waals surface area contributed by atoms with Crippen LogP contribution in [0.4, 0.5) is 0 Å². The molecule has 0 aromatic carbocycles. The lowest BCUT2D eigenvalue weighted by atomic mass is 10.0. The van der Waals surface area contributed by atoms with Crippen molar-refractivity contribution in [2.75, 3.05) is 0 Å². The monoisotopic (exact) mass is 148 g/mol. The Balaban J connectivity index is 2.16. The highest BCUT2D eigenvalue weighted by atomic mass is 15.0. The van der Waals surface area contributed by atoms with Gasteiger partial charge < -0.3 is 5.32 Å². The molecule has 0 fully saturated rings. The maximum Gasteiger partial charge on any atom is 0.0572 e. The Hall–Kier alpha value is -1.05. The predicted octanol–water partition coefficient (Wildman–Crippen LogP) is 1.47. The molecule has 2 unspecified atom stereocenters. The van der Waals surface area contributed by atoms with Gasteiger partial charge in [-0.05, 0) is 12.5 Å². The first-order valence-electron chi connectivity index (χ1n) is 4.07. The number of aliphatic imine (C=N–C) groups is 1. The van der Waals surface area contributed by atoms with E-state index in [9.17, 15) is 0 Å². The Bertz CT molecular complexity index is 238. The summed E-state index contributed by atoms with van der Waals surface area (Å²) >= 11 is 0. The quantitative estimate of drug-likeness (QED) is 0.598. The number of allylic oxidation sites excluding steroid dienone is 1. The first-order valence-corrected chi connectivity index (χ1v) is 4.07. The zero-order valence-corrected chi connectivity index (χ0v) is 6.62. The van der Waals surface area contributed by atoms with Crippen LogP contribution in [0.2, 0.25) is 0 Å². The lowest BCUT2D eigenvalue weighted by Gasteiger charge is -2.14. The fraction of sp³-hybridized carbons (Fsp3) is 0.444. The van der Waals surface area contributed by atoms with Crippen LogP contribution in [-0.4, -0.2) is 12.3 Å². The van der Waals surface area contributed by atoms with Gasteiger partial charge in [0.05, 0.1) is 6.04 Å². The van der Waals surface area contributed by atoms with E-state index in [0.717, 1.165) is 6.42 Å². The Kier molecular flexibility index (Phi) is 1.53. The molecule has 2 aliphatic rings. The maximum absolute atomic E-state index is 4.10. The SMILES string of the molecule is CCC1=CC2C=NC=CC2N1. The fourth-order valence-corrected chi connectivity index (χ4v) is 1.52. The van der Waals surface area contributed by atoms with Gasteiger partial charge in [-0.1, -0.05) is 13.0 Å². The number of rotatable bonds is 1. The molecule has 11 heavy (non-hydrogen) atoms. The molecule has 2 heterocycles. The number of nitrogens with zero attached hydrogens (tertiary/aromatic N) is 1. The first kappa shape index (κ1) is 6.65. The van der Waals surface area contributed by atoms with E-state index in [1.807, 2.05) is 12.4 Å². The van der Waals surface area contributed by atoms with Crippen LogP contribution in [0.25, 0.3) is 0 Å². The average Bonchev–Trinajstić information content (AvgIpc) is 2.46. The van der Waals surface area contributed by atoms with Crippen LogP contribution in [0, 0.1) is 5.92 Å². The number of hydrogen-bond donors (Lipinski definition) is 1. The van der Waals surface area contributed by atoms with E-state index < -0.39 is 0 Å². The minimum absolute atomic E-state index is 0.474. The molecule has 1 N–H and O–H groups in total. The Morgan fingerprint density at radius 1 is 1.64 bits per heavy atom. The van der Waals surface area contributed by atoms with Crippen molar-refractivity contribution in [1.82, 2.24) is 5.32 Å². The number of nitrogens with one attached hydrogen (secondary N) is 1. The molecule has 2 heteroatoms. The third kappa shape index (κ3) is 1.09. The first-order chi connectivity index (χ1) is 5.40. The third-order valence-corrected chi connectivity index (χ3v) is 2.18. The topological polar surface area (TPSA) is 24.4 Å². The molecule has 0 spiro atoms. The summed E-state index contributed by atoms with van der Waals surface area (Å²) in [6, 6.07) is 0.474. The standard InChI is InChI=1S/C9H12N2/c1-2-8-5-7-6-10-4-3-9(7)11-8/h3-7,9,11H,2H2,1H3. The van der Waals surface area contributed by atoms with Gasteiger partial charge in [0.15, 0.2) is 0 Å². The summed E-state index contributed by atoms with van der Waals surface area (Å²) in [7, 11) is 0. The second-order valence-corrected chi connectivity index (χ2v) is 2.93. The molecule has 0 aromatic heterocycles. The molecule has 0 aromatic rings. The van der Waals surface area contributed by atoms with Gasteiger partial charge in [-0.3, -0.25) is 4.99 Å². The molecule has 2 rings (SSSR count). The highest BCUT2D eigenvalue weighted by molar-refractivity contribution is 5.68. The van der Waals surface area contributed by atoms with Crippen LogP contribution < -0.4 is 5.32 Å². The minimum Gasteiger partial charge on any atom is -0.381 e. The molecular formula is C9H12N2. The van der Waals surface area contributed by atoms with Gasteiger partial charge in [-0.25, -0.2) is 0 Å². The summed E-state index contributed by atoms with van der Waals surface area (Å²) < 4.78 is 0. The summed E-state index contributed by atoms with van der Waals surface area (Å²) in [6.45, 7) is 2.16. The minimum atomic E-state index is 0.474. The average molecular weight is 148 g/mol. The van der Waals surface area contributed by atoms with Crippen molar-refractivity contribution in [3.8, 4) is 0 Å².